The molecule has 1 aromatic rings. The molecule has 0 radical (unpaired) electrons. The third kappa shape index (κ3) is 0.217. The summed E-state index contributed by atoms with van der Waals surface area (Å²) in [6.45, 7) is 0. The van der Waals surface area contributed by atoms with Crippen molar-refractivity contribution < 1.29 is 0 Å². The first-order valence-corrected chi connectivity index (χ1v) is 5.46. The minimum Gasteiger partial charge on any atom is -0.348 e. The van der Waals surface area contributed by atoms with Gasteiger partial charge in [0.05, 0.1) is 6.33 Å². The molecule has 13 heavy (non-hydrogen) atoms. The third-order valence-corrected chi connectivity index (χ3v) is 6.44. The molecule has 6 fully saturated rings. The summed E-state index contributed by atoms with van der Waals surface area (Å²) in [7, 11) is 0. The molecule has 0 aromatic carbocycles. The molecule has 0 unspecified atom stereocenters. The lowest BCUT2D eigenvalue weighted by atomic mass is 8.96. The Morgan fingerprint density at radius 3 is 2.31 bits per heavy atom. The van der Waals surface area contributed by atoms with Crippen LogP contribution in [-0.4, -0.2) is 9.97 Å². The van der Waals surface area contributed by atoms with E-state index in [0.717, 1.165) is 17.8 Å². The highest BCUT2D eigenvalue weighted by molar-refractivity contribution is 5.57. The molecule has 0 aliphatic heterocycles. The van der Waals surface area contributed by atoms with E-state index in [0.29, 0.717) is 5.41 Å². The molecule has 1 N–H and O–H groups in total. The molecule has 0 amide bonds. The van der Waals surface area contributed by atoms with Crippen molar-refractivity contribution in [1.82, 2.24) is 9.97 Å². The van der Waals surface area contributed by atoms with Gasteiger partial charge in [-0.3, -0.25) is 0 Å². The number of aromatic nitrogens is 2. The van der Waals surface area contributed by atoms with E-state index < -0.39 is 0 Å². The van der Waals surface area contributed by atoms with Crippen molar-refractivity contribution in [2.45, 2.75) is 5.41 Å². The lowest BCUT2D eigenvalue weighted by molar-refractivity contribution is -0.582. The van der Waals surface area contributed by atoms with Crippen molar-refractivity contribution in [2.24, 2.45) is 41.4 Å². The van der Waals surface area contributed by atoms with Crippen LogP contribution in [0.25, 0.3) is 0 Å². The molecule has 6 saturated carbocycles. The first-order valence-electron chi connectivity index (χ1n) is 5.46. The largest absolute Gasteiger partial charge is 0.348 e. The van der Waals surface area contributed by atoms with Gasteiger partial charge in [-0.05, 0) is 41.4 Å². The average molecular weight is 170 g/mol. The Labute approximate surface area is 75.8 Å². The zero-order chi connectivity index (χ0) is 7.95. The molecule has 1 aromatic heterocycles. The second-order valence-electron chi connectivity index (χ2n) is 5.79. The standard InChI is InChI=1S/C11H10N2/c1-3(13-2-12-1)11-8-5-4-6(8)10(11)7(4)9(5)11/h1-2,4-10H,(H,12,13). The van der Waals surface area contributed by atoms with E-state index in [4.69, 9.17) is 0 Å². The summed E-state index contributed by atoms with van der Waals surface area (Å²) in [5.74, 6) is 8.11. The van der Waals surface area contributed by atoms with Gasteiger partial charge < -0.3 is 4.98 Å². The smallest absolute Gasteiger partial charge is 0.0921 e. The number of H-pyrrole nitrogens is 1. The first kappa shape index (κ1) is 5.18. The normalized spacial score (nSPS) is 76.8. The number of rotatable bonds is 1. The summed E-state index contributed by atoms with van der Waals surface area (Å²) < 4.78 is 0. The summed E-state index contributed by atoms with van der Waals surface area (Å²) in [4.78, 5) is 7.55. The van der Waals surface area contributed by atoms with Gasteiger partial charge in [0.1, 0.15) is 0 Å². The van der Waals surface area contributed by atoms with Gasteiger partial charge in [-0.1, -0.05) is 0 Å². The highest BCUT2D eigenvalue weighted by atomic mass is 15.1. The topological polar surface area (TPSA) is 28.7 Å². The van der Waals surface area contributed by atoms with E-state index >= 15 is 0 Å². The van der Waals surface area contributed by atoms with Crippen LogP contribution in [0.4, 0.5) is 0 Å². The van der Waals surface area contributed by atoms with Gasteiger partial charge in [0.25, 0.3) is 0 Å². The van der Waals surface area contributed by atoms with Crippen molar-refractivity contribution in [3.63, 3.8) is 0 Å². The molecule has 0 spiro atoms. The monoisotopic (exact) mass is 170 g/mol. The maximum atomic E-state index is 4.19. The second-order valence-corrected chi connectivity index (χ2v) is 5.79. The number of nitrogens with zero attached hydrogens (tertiary/aromatic N) is 1. The van der Waals surface area contributed by atoms with Crippen LogP contribution < -0.4 is 0 Å². The molecule has 0 saturated heterocycles. The Morgan fingerprint density at radius 2 is 1.77 bits per heavy atom. The van der Waals surface area contributed by atoms with Gasteiger partial charge in [0, 0.05) is 17.3 Å². The fourth-order valence-electron chi connectivity index (χ4n) is 6.46. The van der Waals surface area contributed by atoms with Gasteiger partial charge in [-0.2, -0.15) is 0 Å². The van der Waals surface area contributed by atoms with Crippen molar-refractivity contribution in [3.05, 3.63) is 18.2 Å². The van der Waals surface area contributed by atoms with Crippen LogP contribution in [0.1, 0.15) is 5.69 Å². The van der Waals surface area contributed by atoms with Gasteiger partial charge in [-0.15, -0.1) is 0 Å². The number of hydrogen-bond acceptors (Lipinski definition) is 1. The first-order chi connectivity index (χ1) is 6.47. The molecule has 6 aliphatic rings. The molecule has 64 valence electrons. The van der Waals surface area contributed by atoms with Crippen LogP contribution in [0.3, 0.4) is 0 Å². The SMILES string of the molecule is c1ncc(C23C4C5C6C4C2C6C53)[nH]1. The summed E-state index contributed by atoms with van der Waals surface area (Å²) in [6, 6.07) is 0. The Balaban J connectivity index is 1.65. The van der Waals surface area contributed by atoms with Gasteiger partial charge in [-0.25, -0.2) is 4.98 Å². The van der Waals surface area contributed by atoms with E-state index in [2.05, 4.69) is 16.2 Å². The van der Waals surface area contributed by atoms with Crippen LogP contribution in [0, 0.1) is 41.4 Å². The maximum Gasteiger partial charge on any atom is 0.0921 e. The molecular formula is C11H10N2. The highest BCUT2D eigenvalue weighted by Crippen LogP contribution is 3.05. The molecule has 1 heterocycles. The Hall–Kier alpha value is -0.790. The zero-order valence-corrected chi connectivity index (χ0v) is 7.14. The quantitative estimate of drug-likeness (QED) is 0.670. The van der Waals surface area contributed by atoms with Crippen molar-refractivity contribution >= 4 is 0 Å². The summed E-state index contributed by atoms with van der Waals surface area (Å²) in [6.07, 6.45) is 3.94. The van der Waals surface area contributed by atoms with Crippen LogP contribution in [0.5, 0.6) is 0 Å². The number of imidazole rings is 1. The van der Waals surface area contributed by atoms with E-state index in [-0.39, 0.29) is 0 Å². The minimum atomic E-state index is 0.672. The summed E-state index contributed by atoms with van der Waals surface area (Å²) >= 11 is 0. The zero-order valence-electron chi connectivity index (χ0n) is 7.14. The summed E-state index contributed by atoms with van der Waals surface area (Å²) in [5.41, 5.74) is 2.15. The summed E-state index contributed by atoms with van der Waals surface area (Å²) in [5, 5.41) is 0. The van der Waals surface area contributed by atoms with E-state index in [1.54, 1.807) is 0 Å². The lowest BCUT2D eigenvalue weighted by Crippen LogP contribution is -3.07. The van der Waals surface area contributed by atoms with Crippen LogP contribution in [0.2, 0.25) is 0 Å². The van der Waals surface area contributed by atoms with Crippen molar-refractivity contribution in [2.75, 3.05) is 0 Å². The fourth-order valence-corrected chi connectivity index (χ4v) is 6.46. The number of nitrogens with one attached hydrogen (secondary N) is 1. The van der Waals surface area contributed by atoms with Crippen molar-refractivity contribution in [1.29, 1.82) is 0 Å². The van der Waals surface area contributed by atoms with Gasteiger partial charge >= 0.3 is 0 Å². The van der Waals surface area contributed by atoms with Crippen LogP contribution in [0.15, 0.2) is 12.5 Å². The maximum absolute atomic E-state index is 4.19. The molecule has 2 heteroatoms. The highest BCUT2D eigenvalue weighted by Gasteiger charge is 3.04. The van der Waals surface area contributed by atoms with Gasteiger partial charge in [0.2, 0.25) is 0 Å². The Morgan fingerprint density at radius 1 is 1.08 bits per heavy atom. The minimum absolute atomic E-state index is 0.672. The lowest BCUT2D eigenvalue weighted by Gasteiger charge is -3.07. The Bertz CT molecular complexity index is 396. The second kappa shape index (κ2) is 1.06. The van der Waals surface area contributed by atoms with Gasteiger partial charge in [0.15, 0.2) is 0 Å². The molecule has 6 aliphatic carbocycles. The Kier molecular flexibility index (Phi) is 0.422. The molecule has 7 rings (SSSR count). The predicted molar refractivity (Wildman–Crippen MR) is 44.7 cm³/mol. The van der Waals surface area contributed by atoms with Crippen molar-refractivity contribution in [3.8, 4) is 0 Å². The van der Waals surface area contributed by atoms with E-state index in [1.165, 1.54) is 29.4 Å². The van der Waals surface area contributed by atoms with E-state index in [9.17, 15) is 0 Å². The van der Waals surface area contributed by atoms with Crippen LogP contribution >= 0.6 is 0 Å². The average Bonchev–Trinajstić information content (AvgIpc) is 2.71. The third-order valence-electron chi connectivity index (χ3n) is 6.44. The van der Waals surface area contributed by atoms with Crippen LogP contribution in [-0.2, 0) is 5.41 Å². The number of aromatic amines is 1. The number of hydrogen-bond donors (Lipinski definition) is 1. The molecule has 0 bridgehead atoms. The van der Waals surface area contributed by atoms with E-state index in [1.807, 2.05) is 6.33 Å². The predicted octanol–water partition coefficient (Wildman–Crippen LogP) is 1.03. The molecule has 0 atom stereocenters. The fraction of sp³-hybridized carbons (Fsp3) is 0.727. The molecule has 2 nitrogen and oxygen atoms in total. The molecular weight excluding hydrogens is 160 g/mol.